The molecule has 1 aliphatic rings. The fraction of sp³-hybridized carbons (Fsp3) is 0.385. The van der Waals surface area contributed by atoms with Gasteiger partial charge >= 0.3 is 5.97 Å². The average Bonchev–Trinajstić information content (AvgIpc) is 2.87. The average molecular weight is 476 g/mol. The van der Waals surface area contributed by atoms with Gasteiger partial charge in [0, 0.05) is 37.9 Å². The Morgan fingerprint density at radius 3 is 2.43 bits per heavy atom. The summed E-state index contributed by atoms with van der Waals surface area (Å²) in [7, 11) is 0. The number of carboxylic acid groups (broad SMARTS) is 1. The van der Waals surface area contributed by atoms with Crippen LogP contribution in [0.3, 0.4) is 0 Å². The third-order valence-electron chi connectivity index (χ3n) is 6.28. The molecular formula is C26H29N5O4. The monoisotopic (exact) mass is 475 g/mol. The van der Waals surface area contributed by atoms with Gasteiger partial charge in [-0.25, -0.2) is 15.0 Å². The second-order valence-electron chi connectivity index (χ2n) is 8.85. The van der Waals surface area contributed by atoms with Gasteiger partial charge in [-0.2, -0.15) is 0 Å². The predicted molar refractivity (Wildman–Crippen MR) is 130 cm³/mol. The number of ketones is 1. The molecule has 9 nitrogen and oxygen atoms in total. The van der Waals surface area contributed by atoms with Crippen LogP contribution in [0.25, 0.3) is 11.3 Å². The van der Waals surface area contributed by atoms with Crippen molar-refractivity contribution in [2.45, 2.75) is 45.4 Å². The first-order chi connectivity index (χ1) is 16.9. The van der Waals surface area contributed by atoms with Gasteiger partial charge in [-0.15, -0.1) is 0 Å². The molecule has 182 valence electrons. The number of carboxylic acids is 1. The minimum atomic E-state index is -0.953. The van der Waals surface area contributed by atoms with Crippen LogP contribution in [-0.2, 0) is 11.2 Å². The molecule has 1 aromatic carbocycles. The van der Waals surface area contributed by atoms with Gasteiger partial charge in [-0.05, 0) is 32.1 Å². The molecule has 0 bridgehead atoms. The molecule has 0 unspecified atom stereocenters. The summed E-state index contributed by atoms with van der Waals surface area (Å²) in [6.45, 7) is 3.32. The number of benzene rings is 1. The van der Waals surface area contributed by atoms with Gasteiger partial charge in [0.05, 0.1) is 23.8 Å². The van der Waals surface area contributed by atoms with E-state index in [2.05, 4.69) is 24.8 Å². The van der Waals surface area contributed by atoms with Crippen molar-refractivity contribution >= 4 is 17.6 Å². The van der Waals surface area contributed by atoms with Crippen LogP contribution in [0, 0.1) is 12.8 Å². The first-order valence-corrected chi connectivity index (χ1v) is 11.8. The number of carbonyl (C=O) groups excluding carboxylic acids is 1. The molecular weight excluding hydrogens is 446 g/mol. The van der Waals surface area contributed by atoms with Gasteiger partial charge < -0.3 is 15.1 Å². The molecule has 0 radical (unpaired) electrons. The van der Waals surface area contributed by atoms with Crippen molar-refractivity contribution in [3.8, 4) is 17.0 Å². The van der Waals surface area contributed by atoms with Crippen LogP contribution in [0.2, 0.25) is 0 Å². The van der Waals surface area contributed by atoms with E-state index >= 15 is 0 Å². The maximum absolute atomic E-state index is 12.5. The number of nitrogens with zero attached hydrogens (tertiary/aromatic N) is 5. The normalized spacial score (nSPS) is 14.1. The Balaban J connectivity index is 1.35. The molecule has 3 heterocycles. The standard InChI is InChI=1S/C26H29N5O4/c1-17-26(35)25(21(32)8-5-9-24(33)34)30-22(29-17)14-18-10-12-31(13-11-18)23-16-27-20(15-28-23)19-6-3-2-4-7-19/h2-4,6-7,15-16,18,35H,5,8-14H2,1H3,(H,33,34). The number of hydrogen-bond donors (Lipinski definition) is 2. The van der Waals surface area contributed by atoms with Crippen LogP contribution in [0.1, 0.15) is 54.1 Å². The molecule has 1 fully saturated rings. The van der Waals surface area contributed by atoms with Crippen LogP contribution >= 0.6 is 0 Å². The topological polar surface area (TPSA) is 129 Å². The molecule has 4 rings (SSSR count). The fourth-order valence-electron chi connectivity index (χ4n) is 4.30. The maximum atomic E-state index is 12.5. The van der Waals surface area contributed by atoms with Crippen molar-refractivity contribution in [3.63, 3.8) is 0 Å². The summed E-state index contributed by atoms with van der Waals surface area (Å²) in [6, 6.07) is 9.95. The minimum absolute atomic E-state index is 0.0101. The lowest BCUT2D eigenvalue weighted by Gasteiger charge is -2.32. The van der Waals surface area contributed by atoms with Gasteiger partial charge in [0.15, 0.2) is 17.2 Å². The highest BCUT2D eigenvalue weighted by Crippen LogP contribution is 2.27. The minimum Gasteiger partial charge on any atom is -0.504 e. The highest BCUT2D eigenvalue weighted by molar-refractivity contribution is 5.97. The number of carbonyl (C=O) groups is 2. The van der Waals surface area contributed by atoms with Crippen LogP contribution in [0.4, 0.5) is 5.82 Å². The summed E-state index contributed by atoms with van der Waals surface area (Å²) in [4.78, 5) is 43.3. The molecule has 0 spiro atoms. The Morgan fingerprint density at radius 2 is 1.77 bits per heavy atom. The summed E-state index contributed by atoms with van der Waals surface area (Å²) >= 11 is 0. The SMILES string of the molecule is Cc1nc(CC2CCN(c3cnc(-c4ccccc4)cn3)CC2)nc(C(=O)CCCC(=O)O)c1O. The van der Waals surface area contributed by atoms with Gasteiger partial charge in [-0.1, -0.05) is 30.3 Å². The highest BCUT2D eigenvalue weighted by Gasteiger charge is 2.24. The zero-order valence-corrected chi connectivity index (χ0v) is 19.7. The first-order valence-electron chi connectivity index (χ1n) is 11.8. The van der Waals surface area contributed by atoms with E-state index in [0.717, 1.165) is 43.0 Å². The number of anilines is 1. The number of piperidine rings is 1. The molecule has 3 aromatic rings. The molecule has 2 N–H and O–H groups in total. The van der Waals surface area contributed by atoms with E-state index in [1.165, 1.54) is 0 Å². The van der Waals surface area contributed by atoms with Gasteiger partial charge in [0.25, 0.3) is 0 Å². The fourth-order valence-corrected chi connectivity index (χ4v) is 4.30. The molecule has 1 aliphatic heterocycles. The van der Waals surface area contributed by atoms with E-state index in [4.69, 9.17) is 5.11 Å². The second kappa shape index (κ2) is 11.0. The lowest BCUT2D eigenvalue weighted by atomic mass is 9.93. The van der Waals surface area contributed by atoms with Gasteiger partial charge in [0.2, 0.25) is 0 Å². The number of Topliss-reactive ketones (excluding diaryl/α,β-unsaturated/α-hetero) is 1. The van der Waals surface area contributed by atoms with E-state index in [1.807, 2.05) is 36.5 Å². The van der Waals surface area contributed by atoms with Crippen molar-refractivity contribution in [1.29, 1.82) is 0 Å². The molecule has 35 heavy (non-hydrogen) atoms. The number of aromatic nitrogens is 4. The Kier molecular flexibility index (Phi) is 7.64. The van der Waals surface area contributed by atoms with Crippen LogP contribution < -0.4 is 4.90 Å². The summed E-state index contributed by atoms with van der Waals surface area (Å²) in [5, 5.41) is 19.1. The summed E-state index contributed by atoms with van der Waals surface area (Å²) in [5.41, 5.74) is 2.23. The van der Waals surface area contributed by atoms with Crippen molar-refractivity contribution in [2.75, 3.05) is 18.0 Å². The quantitative estimate of drug-likeness (QED) is 0.443. The molecule has 2 aromatic heterocycles. The molecule has 0 amide bonds. The smallest absolute Gasteiger partial charge is 0.303 e. The summed E-state index contributed by atoms with van der Waals surface area (Å²) in [5.74, 6) is 0.207. The van der Waals surface area contributed by atoms with Crippen molar-refractivity contribution in [2.24, 2.45) is 5.92 Å². The zero-order valence-electron chi connectivity index (χ0n) is 19.7. The lowest BCUT2D eigenvalue weighted by molar-refractivity contribution is -0.137. The van der Waals surface area contributed by atoms with E-state index < -0.39 is 5.97 Å². The van der Waals surface area contributed by atoms with Gasteiger partial charge in [0.1, 0.15) is 11.6 Å². The molecule has 0 saturated carbocycles. The Bertz CT molecular complexity index is 1180. The van der Waals surface area contributed by atoms with E-state index in [9.17, 15) is 14.7 Å². The number of aryl methyl sites for hydroxylation is 1. The predicted octanol–water partition coefficient (Wildman–Crippen LogP) is 3.84. The van der Waals surface area contributed by atoms with Crippen LogP contribution in [0.15, 0.2) is 42.7 Å². The lowest BCUT2D eigenvalue weighted by Crippen LogP contribution is -2.35. The van der Waals surface area contributed by atoms with E-state index in [-0.39, 0.29) is 36.5 Å². The van der Waals surface area contributed by atoms with Crippen molar-refractivity contribution in [3.05, 3.63) is 59.9 Å². The Morgan fingerprint density at radius 1 is 1.03 bits per heavy atom. The van der Waals surface area contributed by atoms with Gasteiger partial charge in [-0.3, -0.25) is 14.6 Å². The van der Waals surface area contributed by atoms with Crippen LogP contribution in [0.5, 0.6) is 5.75 Å². The van der Waals surface area contributed by atoms with Crippen molar-refractivity contribution in [1.82, 2.24) is 19.9 Å². The Hall–Kier alpha value is -3.88. The molecule has 0 atom stereocenters. The largest absolute Gasteiger partial charge is 0.504 e. The third-order valence-corrected chi connectivity index (χ3v) is 6.28. The van der Waals surface area contributed by atoms with E-state index in [1.54, 1.807) is 13.1 Å². The highest BCUT2D eigenvalue weighted by atomic mass is 16.4. The molecule has 1 saturated heterocycles. The summed E-state index contributed by atoms with van der Waals surface area (Å²) in [6.07, 6.45) is 6.22. The Labute approximate surface area is 203 Å². The van der Waals surface area contributed by atoms with Crippen LogP contribution in [-0.4, -0.2) is 55.0 Å². The number of hydrogen-bond acceptors (Lipinski definition) is 8. The number of aliphatic carboxylic acids is 1. The summed E-state index contributed by atoms with van der Waals surface area (Å²) < 4.78 is 0. The molecule has 9 heteroatoms. The maximum Gasteiger partial charge on any atom is 0.303 e. The van der Waals surface area contributed by atoms with E-state index in [0.29, 0.717) is 23.9 Å². The second-order valence-corrected chi connectivity index (χ2v) is 8.85. The van der Waals surface area contributed by atoms with Crippen molar-refractivity contribution < 1.29 is 19.8 Å². The number of rotatable bonds is 9. The molecule has 0 aliphatic carbocycles. The number of aromatic hydroxyl groups is 1. The first kappa shape index (κ1) is 24.3. The zero-order chi connectivity index (χ0) is 24.8. The third kappa shape index (κ3) is 6.17.